The van der Waals surface area contributed by atoms with Crippen molar-refractivity contribution in [2.45, 2.75) is 13.8 Å². The number of aromatic nitrogens is 2. The van der Waals surface area contributed by atoms with Crippen molar-refractivity contribution in [1.29, 1.82) is 0 Å². The van der Waals surface area contributed by atoms with Gasteiger partial charge >= 0.3 is 6.03 Å². The molecule has 5 rings (SSSR count). The fraction of sp³-hybridized carbons (Fsp3) is 0.318. The highest BCUT2D eigenvalue weighted by Gasteiger charge is 2.35. The fourth-order valence-corrected chi connectivity index (χ4v) is 5.20. The number of nitrogens with one attached hydrogen (secondary N) is 3. The zero-order valence-corrected chi connectivity index (χ0v) is 18.5. The second-order valence-corrected chi connectivity index (χ2v) is 9.52. The molecule has 3 heterocycles. The van der Waals surface area contributed by atoms with Gasteiger partial charge in [-0.2, -0.15) is 5.10 Å². The van der Waals surface area contributed by atoms with Gasteiger partial charge in [0.05, 0.1) is 22.5 Å². The number of benzene rings is 1. The minimum absolute atomic E-state index is 0.118. The summed E-state index contributed by atoms with van der Waals surface area (Å²) in [7, 11) is 2.06. The van der Waals surface area contributed by atoms with E-state index in [0.717, 1.165) is 47.9 Å². The summed E-state index contributed by atoms with van der Waals surface area (Å²) in [5.41, 5.74) is 7.57. The van der Waals surface area contributed by atoms with E-state index >= 15 is 0 Å². The van der Waals surface area contributed by atoms with Crippen LogP contribution in [0.3, 0.4) is 0 Å². The van der Waals surface area contributed by atoms with Gasteiger partial charge < -0.3 is 10.2 Å². The molecular formula is C22H24N6O2S. The Labute approximate surface area is 184 Å². The van der Waals surface area contributed by atoms with Crippen LogP contribution in [0.5, 0.6) is 0 Å². The Bertz CT molecular complexity index is 1190. The highest BCUT2D eigenvalue weighted by Crippen LogP contribution is 2.44. The molecule has 1 aliphatic carbocycles. The number of carbonyl (C=O) groups is 2. The van der Waals surface area contributed by atoms with Crippen molar-refractivity contribution in [3.8, 4) is 22.5 Å². The third kappa shape index (κ3) is 3.44. The number of hydrogen-bond donors (Lipinski definition) is 3. The van der Waals surface area contributed by atoms with Gasteiger partial charge in [0.1, 0.15) is 5.69 Å². The van der Waals surface area contributed by atoms with E-state index in [1.54, 1.807) is 17.4 Å². The number of thiophene rings is 1. The molecule has 1 aliphatic heterocycles. The number of urea groups is 1. The average Bonchev–Trinajstić information content (AvgIpc) is 3.38. The maximum Gasteiger partial charge on any atom is 0.333 e. The molecule has 1 fully saturated rings. The van der Waals surface area contributed by atoms with Crippen LogP contribution in [-0.4, -0.2) is 65.1 Å². The Morgan fingerprint density at radius 2 is 1.90 bits per heavy atom. The van der Waals surface area contributed by atoms with Crippen LogP contribution in [0.15, 0.2) is 24.3 Å². The molecule has 1 aromatic carbocycles. The number of hydrogen-bond acceptors (Lipinski definition) is 6. The number of aromatic amines is 1. The number of likely N-dealkylation sites (N-methyl/N-ethyl adjacent to an activating group) is 1. The Kier molecular flexibility index (Phi) is 4.88. The predicted octanol–water partition coefficient (Wildman–Crippen LogP) is 3.25. The first-order chi connectivity index (χ1) is 14.9. The van der Waals surface area contributed by atoms with E-state index in [4.69, 9.17) is 0 Å². The SMILES string of the molecule is Cc1cc(-c2[nH]nc3c2C(=O)c2c(NC(=O)NN4CCN(C)CC4)cccc2-3)c(C)s1. The summed E-state index contributed by atoms with van der Waals surface area (Å²) in [5, 5.41) is 12.3. The molecule has 1 saturated heterocycles. The lowest BCUT2D eigenvalue weighted by atomic mass is 10.0. The largest absolute Gasteiger partial charge is 0.333 e. The fourth-order valence-electron chi connectivity index (χ4n) is 4.27. The number of piperazine rings is 1. The van der Waals surface area contributed by atoms with Gasteiger partial charge in [-0.15, -0.1) is 11.3 Å². The Balaban J connectivity index is 1.42. The molecule has 9 heteroatoms. The van der Waals surface area contributed by atoms with E-state index in [9.17, 15) is 9.59 Å². The highest BCUT2D eigenvalue weighted by atomic mass is 32.1. The number of H-pyrrole nitrogens is 1. The first kappa shape index (κ1) is 19.9. The maximum atomic E-state index is 13.4. The summed E-state index contributed by atoms with van der Waals surface area (Å²) in [6.07, 6.45) is 0. The first-order valence-corrected chi connectivity index (χ1v) is 11.1. The number of amides is 2. The number of nitrogens with zero attached hydrogens (tertiary/aromatic N) is 3. The van der Waals surface area contributed by atoms with Gasteiger partial charge in [0.2, 0.25) is 0 Å². The molecule has 2 aliphatic rings. The van der Waals surface area contributed by atoms with Gasteiger partial charge in [-0.05, 0) is 33.0 Å². The van der Waals surface area contributed by atoms with Crippen LogP contribution in [0.25, 0.3) is 22.5 Å². The van der Waals surface area contributed by atoms with Crippen molar-refractivity contribution < 1.29 is 9.59 Å². The Morgan fingerprint density at radius 3 is 2.61 bits per heavy atom. The predicted molar refractivity (Wildman–Crippen MR) is 121 cm³/mol. The lowest BCUT2D eigenvalue weighted by Crippen LogP contribution is -2.53. The number of aryl methyl sites for hydroxylation is 2. The van der Waals surface area contributed by atoms with Crippen LogP contribution < -0.4 is 10.7 Å². The van der Waals surface area contributed by atoms with Crippen LogP contribution in [0, 0.1) is 13.8 Å². The molecule has 0 bridgehead atoms. The Morgan fingerprint density at radius 1 is 1.13 bits per heavy atom. The molecule has 2 aromatic heterocycles. The zero-order chi connectivity index (χ0) is 21.7. The monoisotopic (exact) mass is 436 g/mol. The summed E-state index contributed by atoms with van der Waals surface area (Å²) < 4.78 is 0. The van der Waals surface area contributed by atoms with Crippen molar-refractivity contribution in [3.05, 3.63) is 45.1 Å². The van der Waals surface area contributed by atoms with E-state index in [-0.39, 0.29) is 11.8 Å². The average molecular weight is 437 g/mol. The number of anilines is 1. The van der Waals surface area contributed by atoms with Crippen LogP contribution in [0.1, 0.15) is 25.7 Å². The van der Waals surface area contributed by atoms with Crippen molar-refractivity contribution in [2.75, 3.05) is 38.5 Å². The number of hydrazine groups is 1. The van der Waals surface area contributed by atoms with Gasteiger partial charge in [0.25, 0.3) is 0 Å². The normalized spacial score (nSPS) is 16.3. The van der Waals surface area contributed by atoms with Gasteiger partial charge in [0, 0.05) is 47.1 Å². The number of rotatable bonds is 3. The van der Waals surface area contributed by atoms with Gasteiger partial charge in [-0.1, -0.05) is 12.1 Å². The minimum atomic E-state index is -0.346. The standard InChI is InChI=1S/C22H24N6O2S/c1-12-11-15(13(2)31-12)20-18-19(24-25-20)14-5-4-6-16(17(14)21(18)29)23-22(30)26-28-9-7-27(3)8-10-28/h4-6,11H,7-10H2,1-3H3,(H,24,25)(H2,23,26,30). The second-order valence-electron chi connectivity index (χ2n) is 8.06. The molecule has 3 N–H and O–H groups in total. The summed E-state index contributed by atoms with van der Waals surface area (Å²) in [4.78, 5) is 30.6. The number of fused-ring (bicyclic) bond motifs is 3. The quantitative estimate of drug-likeness (QED) is 0.458. The molecule has 0 unspecified atom stereocenters. The minimum Gasteiger partial charge on any atom is -0.306 e. The summed E-state index contributed by atoms with van der Waals surface area (Å²) in [5.74, 6) is -0.118. The number of ketones is 1. The van der Waals surface area contributed by atoms with E-state index in [0.29, 0.717) is 22.5 Å². The summed E-state index contributed by atoms with van der Waals surface area (Å²) in [6.45, 7) is 7.40. The first-order valence-electron chi connectivity index (χ1n) is 10.3. The zero-order valence-electron chi connectivity index (χ0n) is 17.7. The van der Waals surface area contributed by atoms with Gasteiger partial charge in [-0.3, -0.25) is 15.3 Å². The highest BCUT2D eigenvalue weighted by molar-refractivity contribution is 7.12. The molecular weight excluding hydrogens is 412 g/mol. The molecule has 0 spiro atoms. The molecule has 0 atom stereocenters. The summed E-state index contributed by atoms with van der Waals surface area (Å²) in [6, 6.07) is 7.20. The third-order valence-corrected chi connectivity index (χ3v) is 6.83. The molecule has 2 amide bonds. The molecule has 0 radical (unpaired) electrons. The van der Waals surface area contributed by atoms with E-state index in [1.807, 2.05) is 24.1 Å². The molecule has 160 valence electrons. The lowest BCUT2D eigenvalue weighted by Gasteiger charge is -2.32. The summed E-state index contributed by atoms with van der Waals surface area (Å²) >= 11 is 1.69. The van der Waals surface area contributed by atoms with Gasteiger partial charge in [-0.25, -0.2) is 9.80 Å². The van der Waals surface area contributed by atoms with E-state index in [1.165, 1.54) is 4.88 Å². The Hall–Kier alpha value is -3.01. The van der Waals surface area contributed by atoms with Crippen LogP contribution in [0.4, 0.5) is 10.5 Å². The van der Waals surface area contributed by atoms with Crippen LogP contribution in [0.2, 0.25) is 0 Å². The van der Waals surface area contributed by atoms with E-state index in [2.05, 4.69) is 45.9 Å². The van der Waals surface area contributed by atoms with Crippen LogP contribution >= 0.6 is 11.3 Å². The van der Waals surface area contributed by atoms with Gasteiger partial charge in [0.15, 0.2) is 5.78 Å². The van der Waals surface area contributed by atoms with Crippen molar-refractivity contribution in [3.63, 3.8) is 0 Å². The van der Waals surface area contributed by atoms with Crippen molar-refractivity contribution in [2.24, 2.45) is 0 Å². The van der Waals surface area contributed by atoms with Crippen molar-refractivity contribution in [1.82, 2.24) is 25.5 Å². The molecule has 3 aromatic rings. The molecule has 8 nitrogen and oxygen atoms in total. The van der Waals surface area contributed by atoms with Crippen LogP contribution in [-0.2, 0) is 0 Å². The maximum absolute atomic E-state index is 13.4. The lowest BCUT2D eigenvalue weighted by molar-refractivity contribution is 0.104. The topological polar surface area (TPSA) is 93.4 Å². The molecule has 0 saturated carbocycles. The molecule has 31 heavy (non-hydrogen) atoms. The smallest absolute Gasteiger partial charge is 0.306 e. The third-order valence-electron chi connectivity index (χ3n) is 5.86. The second kappa shape index (κ2) is 7.60. The number of carbonyl (C=O) groups excluding carboxylic acids is 2. The van der Waals surface area contributed by atoms with E-state index < -0.39 is 0 Å². The van der Waals surface area contributed by atoms with Crippen molar-refractivity contribution >= 4 is 28.8 Å².